The molecule has 0 spiro atoms. The second kappa shape index (κ2) is 6.89. The lowest BCUT2D eigenvalue weighted by atomic mass is 10.2. The zero-order valence-corrected chi connectivity index (χ0v) is 11.3. The van der Waals surface area contributed by atoms with Crippen molar-refractivity contribution in [2.45, 2.75) is 19.9 Å². The number of ether oxygens (including phenoxy) is 1. The maximum atomic E-state index is 13.5. The van der Waals surface area contributed by atoms with Gasteiger partial charge >= 0.3 is 0 Å². The van der Waals surface area contributed by atoms with Gasteiger partial charge in [-0.05, 0) is 36.8 Å². The van der Waals surface area contributed by atoms with Crippen LogP contribution in [0.3, 0.4) is 0 Å². The Bertz CT molecular complexity index is 572. The lowest BCUT2D eigenvalue weighted by Gasteiger charge is -2.13. The van der Waals surface area contributed by atoms with E-state index in [1.165, 1.54) is 6.07 Å². The van der Waals surface area contributed by atoms with Crippen molar-refractivity contribution in [3.63, 3.8) is 0 Å². The molecule has 0 bridgehead atoms. The number of benzene rings is 2. The van der Waals surface area contributed by atoms with Gasteiger partial charge in [0.1, 0.15) is 17.4 Å². The van der Waals surface area contributed by atoms with E-state index in [9.17, 15) is 8.78 Å². The first-order chi connectivity index (χ1) is 9.70. The number of hydrogen-bond donors (Lipinski definition) is 1. The van der Waals surface area contributed by atoms with Crippen molar-refractivity contribution in [3.8, 4) is 5.75 Å². The van der Waals surface area contributed by atoms with Gasteiger partial charge in [0.15, 0.2) is 0 Å². The number of hydrogen-bond acceptors (Lipinski definition) is 2. The summed E-state index contributed by atoms with van der Waals surface area (Å²) in [7, 11) is 0. The highest BCUT2D eigenvalue weighted by Crippen LogP contribution is 2.24. The van der Waals surface area contributed by atoms with Crippen LogP contribution in [0.25, 0.3) is 0 Å². The van der Waals surface area contributed by atoms with Crippen LogP contribution in [-0.2, 0) is 6.54 Å². The molecule has 2 aromatic carbocycles. The molecule has 0 amide bonds. The quantitative estimate of drug-likeness (QED) is 0.846. The Morgan fingerprint density at radius 1 is 1.10 bits per heavy atom. The van der Waals surface area contributed by atoms with E-state index in [0.717, 1.165) is 24.2 Å². The van der Waals surface area contributed by atoms with Crippen LogP contribution in [0.1, 0.15) is 18.9 Å². The highest BCUT2D eigenvalue weighted by molar-refractivity contribution is 5.56. The molecule has 0 saturated carbocycles. The molecule has 0 aliphatic carbocycles. The molecule has 106 valence electrons. The first-order valence-electron chi connectivity index (χ1n) is 6.60. The molecule has 0 radical (unpaired) electrons. The van der Waals surface area contributed by atoms with Crippen molar-refractivity contribution in [3.05, 3.63) is 59.7 Å². The monoisotopic (exact) mass is 277 g/mol. The van der Waals surface area contributed by atoms with Gasteiger partial charge in [0.05, 0.1) is 12.3 Å². The third kappa shape index (κ3) is 3.70. The SMILES string of the molecule is CCCOc1ccccc1NCc1cc(F)ccc1F. The minimum Gasteiger partial charge on any atom is -0.491 e. The molecule has 20 heavy (non-hydrogen) atoms. The Morgan fingerprint density at radius 2 is 1.90 bits per heavy atom. The van der Waals surface area contributed by atoms with E-state index in [2.05, 4.69) is 5.32 Å². The van der Waals surface area contributed by atoms with Crippen molar-refractivity contribution in [1.82, 2.24) is 0 Å². The summed E-state index contributed by atoms with van der Waals surface area (Å²) in [4.78, 5) is 0. The van der Waals surface area contributed by atoms with Gasteiger partial charge in [0.2, 0.25) is 0 Å². The third-order valence-corrected chi connectivity index (χ3v) is 2.83. The van der Waals surface area contributed by atoms with Crippen molar-refractivity contribution < 1.29 is 13.5 Å². The molecule has 0 atom stereocenters. The summed E-state index contributed by atoms with van der Waals surface area (Å²) in [5, 5.41) is 3.07. The lowest BCUT2D eigenvalue weighted by Crippen LogP contribution is -2.05. The fourth-order valence-corrected chi connectivity index (χ4v) is 1.82. The normalized spacial score (nSPS) is 10.3. The molecule has 0 aliphatic rings. The van der Waals surface area contributed by atoms with Gasteiger partial charge in [0, 0.05) is 12.1 Å². The van der Waals surface area contributed by atoms with Crippen LogP contribution in [0.4, 0.5) is 14.5 Å². The molecule has 2 nitrogen and oxygen atoms in total. The number of halogens is 2. The molecular weight excluding hydrogens is 260 g/mol. The summed E-state index contributed by atoms with van der Waals surface area (Å²) in [6.07, 6.45) is 0.910. The second-order valence-electron chi connectivity index (χ2n) is 4.43. The van der Waals surface area contributed by atoms with Crippen LogP contribution < -0.4 is 10.1 Å². The molecule has 1 N–H and O–H groups in total. The van der Waals surface area contributed by atoms with E-state index in [-0.39, 0.29) is 12.1 Å². The fourth-order valence-electron chi connectivity index (χ4n) is 1.82. The van der Waals surface area contributed by atoms with Crippen LogP contribution in [0.2, 0.25) is 0 Å². The van der Waals surface area contributed by atoms with E-state index in [1.54, 1.807) is 0 Å². The van der Waals surface area contributed by atoms with Gasteiger partial charge in [0.25, 0.3) is 0 Å². The van der Waals surface area contributed by atoms with Gasteiger partial charge in [-0.25, -0.2) is 8.78 Å². The van der Waals surface area contributed by atoms with Crippen LogP contribution in [0.5, 0.6) is 5.75 Å². The second-order valence-corrected chi connectivity index (χ2v) is 4.43. The van der Waals surface area contributed by atoms with E-state index in [4.69, 9.17) is 4.74 Å². The minimum atomic E-state index is -0.446. The van der Waals surface area contributed by atoms with E-state index < -0.39 is 11.6 Å². The molecule has 0 fully saturated rings. The predicted molar refractivity (Wildman–Crippen MR) is 75.9 cm³/mol. The van der Waals surface area contributed by atoms with Gasteiger partial charge in [-0.2, -0.15) is 0 Å². The van der Waals surface area contributed by atoms with Crippen LogP contribution >= 0.6 is 0 Å². The number of para-hydroxylation sites is 2. The minimum absolute atomic E-state index is 0.204. The number of nitrogens with one attached hydrogen (secondary N) is 1. The topological polar surface area (TPSA) is 21.3 Å². The van der Waals surface area contributed by atoms with Crippen LogP contribution in [-0.4, -0.2) is 6.61 Å². The Labute approximate surface area is 117 Å². The molecule has 0 unspecified atom stereocenters. The maximum absolute atomic E-state index is 13.5. The zero-order chi connectivity index (χ0) is 14.4. The van der Waals surface area contributed by atoms with Gasteiger partial charge in [-0.3, -0.25) is 0 Å². The van der Waals surface area contributed by atoms with Gasteiger partial charge < -0.3 is 10.1 Å². The van der Waals surface area contributed by atoms with Crippen molar-refractivity contribution >= 4 is 5.69 Å². The molecule has 0 aromatic heterocycles. The molecule has 0 saturated heterocycles. The first-order valence-corrected chi connectivity index (χ1v) is 6.60. The summed E-state index contributed by atoms with van der Waals surface area (Å²) in [6.45, 7) is 2.85. The Kier molecular flexibility index (Phi) is 4.93. The van der Waals surface area contributed by atoms with Crippen LogP contribution in [0, 0.1) is 11.6 Å². The van der Waals surface area contributed by atoms with Gasteiger partial charge in [-0.1, -0.05) is 19.1 Å². The van der Waals surface area contributed by atoms with Crippen molar-refractivity contribution in [2.24, 2.45) is 0 Å². The summed E-state index contributed by atoms with van der Waals surface area (Å²) < 4.78 is 32.2. The average molecular weight is 277 g/mol. The van der Waals surface area contributed by atoms with E-state index in [0.29, 0.717) is 12.4 Å². The van der Waals surface area contributed by atoms with Gasteiger partial charge in [-0.15, -0.1) is 0 Å². The molecule has 2 rings (SSSR count). The zero-order valence-electron chi connectivity index (χ0n) is 11.3. The summed E-state index contributed by atoms with van der Waals surface area (Å²) >= 11 is 0. The molecule has 4 heteroatoms. The third-order valence-electron chi connectivity index (χ3n) is 2.83. The smallest absolute Gasteiger partial charge is 0.142 e. The molecule has 2 aromatic rings. The predicted octanol–water partition coefficient (Wildman–Crippen LogP) is 4.37. The number of rotatable bonds is 6. The summed E-state index contributed by atoms with van der Waals surface area (Å²) in [5.74, 6) is -0.157. The molecule has 0 heterocycles. The Balaban J connectivity index is 2.08. The maximum Gasteiger partial charge on any atom is 0.142 e. The molecular formula is C16H17F2NO. The highest BCUT2D eigenvalue weighted by atomic mass is 19.1. The van der Waals surface area contributed by atoms with Crippen LogP contribution in [0.15, 0.2) is 42.5 Å². The highest BCUT2D eigenvalue weighted by Gasteiger charge is 2.06. The standard InChI is InChI=1S/C16H17F2NO/c1-2-9-20-16-6-4-3-5-15(16)19-11-12-10-13(17)7-8-14(12)18/h3-8,10,19H,2,9,11H2,1H3. The lowest BCUT2D eigenvalue weighted by molar-refractivity contribution is 0.319. The van der Waals surface area contributed by atoms with E-state index >= 15 is 0 Å². The van der Waals surface area contributed by atoms with Crippen molar-refractivity contribution in [1.29, 1.82) is 0 Å². The van der Waals surface area contributed by atoms with E-state index in [1.807, 2.05) is 31.2 Å². The Hall–Kier alpha value is -2.10. The average Bonchev–Trinajstić information content (AvgIpc) is 2.47. The summed E-state index contributed by atoms with van der Waals surface area (Å²) in [5.41, 5.74) is 1.06. The summed E-state index contributed by atoms with van der Waals surface area (Å²) in [6, 6.07) is 10.9. The Morgan fingerprint density at radius 3 is 2.70 bits per heavy atom. The number of anilines is 1. The fraction of sp³-hybridized carbons (Fsp3) is 0.250. The molecule has 0 aliphatic heterocycles. The van der Waals surface area contributed by atoms with Crippen molar-refractivity contribution in [2.75, 3.05) is 11.9 Å². The first kappa shape index (κ1) is 14.3. The largest absolute Gasteiger partial charge is 0.491 e.